The largest absolute Gasteiger partial charge is 0.462 e. The van der Waals surface area contributed by atoms with Crippen LogP contribution < -0.4 is 0 Å². The number of benzene rings is 1. The molecular weight excluding hydrogens is 274 g/mol. The van der Waals surface area contributed by atoms with Crippen LogP contribution in [0.5, 0.6) is 0 Å². The molecule has 1 rings (SSSR count). The molecule has 19 heavy (non-hydrogen) atoms. The van der Waals surface area contributed by atoms with Gasteiger partial charge in [-0.05, 0) is 19.1 Å². The van der Waals surface area contributed by atoms with Crippen LogP contribution in [-0.2, 0) is 9.47 Å². The first-order valence-electron chi connectivity index (χ1n) is 5.59. The molecule has 1 atom stereocenters. The Kier molecular flexibility index (Phi) is 5.72. The topological polar surface area (TPSA) is 78.7 Å². The SMILES string of the molecule is CO[C@H](C)CCOC(=O)c1ccc(Cl)cc1[N+](=O)[O-]. The minimum atomic E-state index is -0.744. The van der Waals surface area contributed by atoms with Crippen LogP contribution in [0.1, 0.15) is 23.7 Å². The molecule has 0 aromatic heterocycles. The van der Waals surface area contributed by atoms with Gasteiger partial charge >= 0.3 is 5.97 Å². The van der Waals surface area contributed by atoms with Crippen molar-refractivity contribution in [2.75, 3.05) is 13.7 Å². The molecule has 7 heteroatoms. The summed E-state index contributed by atoms with van der Waals surface area (Å²) >= 11 is 5.66. The summed E-state index contributed by atoms with van der Waals surface area (Å²) in [7, 11) is 1.55. The van der Waals surface area contributed by atoms with Gasteiger partial charge in [0.05, 0.1) is 17.6 Å². The third-order valence-corrected chi connectivity index (χ3v) is 2.77. The lowest BCUT2D eigenvalue weighted by molar-refractivity contribution is -0.385. The molecule has 0 unspecified atom stereocenters. The summed E-state index contributed by atoms with van der Waals surface area (Å²) in [5.41, 5.74) is -0.475. The number of nitrogens with zero attached hydrogens (tertiary/aromatic N) is 1. The molecule has 0 N–H and O–H groups in total. The fourth-order valence-electron chi connectivity index (χ4n) is 1.34. The summed E-state index contributed by atoms with van der Waals surface area (Å²) in [5.74, 6) is -0.744. The number of nitro groups is 1. The maximum Gasteiger partial charge on any atom is 0.345 e. The lowest BCUT2D eigenvalue weighted by atomic mass is 10.2. The highest BCUT2D eigenvalue weighted by molar-refractivity contribution is 6.31. The Labute approximate surface area is 115 Å². The molecule has 0 spiro atoms. The third kappa shape index (κ3) is 4.50. The van der Waals surface area contributed by atoms with Gasteiger partial charge in [-0.2, -0.15) is 0 Å². The molecule has 1 aromatic carbocycles. The number of nitro benzene ring substituents is 1. The number of carbonyl (C=O) groups excluding carboxylic acids is 1. The van der Waals surface area contributed by atoms with Crippen molar-refractivity contribution in [1.82, 2.24) is 0 Å². The van der Waals surface area contributed by atoms with Gasteiger partial charge in [-0.15, -0.1) is 0 Å². The van der Waals surface area contributed by atoms with Gasteiger partial charge in [-0.1, -0.05) is 11.6 Å². The Morgan fingerprint density at radius 2 is 2.21 bits per heavy atom. The Balaban J connectivity index is 2.74. The molecule has 0 aliphatic heterocycles. The van der Waals surface area contributed by atoms with Crippen LogP contribution in [0.4, 0.5) is 5.69 Å². The van der Waals surface area contributed by atoms with Gasteiger partial charge in [0, 0.05) is 24.6 Å². The minimum absolute atomic E-state index is 0.0481. The molecule has 0 aliphatic rings. The van der Waals surface area contributed by atoms with Crippen molar-refractivity contribution < 1.29 is 19.2 Å². The third-order valence-electron chi connectivity index (χ3n) is 2.54. The summed E-state index contributed by atoms with van der Waals surface area (Å²) in [4.78, 5) is 21.9. The van der Waals surface area contributed by atoms with Gasteiger partial charge in [-0.3, -0.25) is 10.1 Å². The normalized spacial score (nSPS) is 11.9. The molecule has 0 aliphatic carbocycles. The first kappa shape index (κ1) is 15.4. The Bertz CT molecular complexity index is 477. The molecule has 6 nitrogen and oxygen atoms in total. The summed E-state index contributed by atoms with van der Waals surface area (Å²) in [6.07, 6.45) is 0.469. The van der Waals surface area contributed by atoms with Crippen molar-refractivity contribution in [1.29, 1.82) is 0 Å². The highest BCUT2D eigenvalue weighted by atomic mass is 35.5. The number of methoxy groups -OCH3 is 1. The van der Waals surface area contributed by atoms with Crippen LogP contribution in [0.25, 0.3) is 0 Å². The maximum absolute atomic E-state index is 11.7. The van der Waals surface area contributed by atoms with E-state index in [9.17, 15) is 14.9 Å². The molecule has 0 fully saturated rings. The van der Waals surface area contributed by atoms with Crippen LogP contribution in [0.15, 0.2) is 18.2 Å². The van der Waals surface area contributed by atoms with E-state index in [1.165, 1.54) is 12.1 Å². The fourth-order valence-corrected chi connectivity index (χ4v) is 1.51. The summed E-state index contributed by atoms with van der Waals surface area (Å²) in [6.45, 7) is 1.96. The highest BCUT2D eigenvalue weighted by Gasteiger charge is 2.21. The van der Waals surface area contributed by atoms with Crippen LogP contribution in [0.2, 0.25) is 5.02 Å². The van der Waals surface area contributed by atoms with Crippen molar-refractivity contribution in [3.05, 3.63) is 38.9 Å². The second-order valence-electron chi connectivity index (χ2n) is 3.89. The van der Waals surface area contributed by atoms with Crippen molar-refractivity contribution >= 4 is 23.3 Å². The number of carbonyl (C=O) groups is 1. The van der Waals surface area contributed by atoms with Gasteiger partial charge in [-0.25, -0.2) is 4.79 Å². The second-order valence-corrected chi connectivity index (χ2v) is 4.33. The van der Waals surface area contributed by atoms with Gasteiger partial charge in [0.25, 0.3) is 5.69 Å². The summed E-state index contributed by atoms with van der Waals surface area (Å²) in [6, 6.07) is 3.81. The van der Waals surface area contributed by atoms with E-state index in [0.717, 1.165) is 6.07 Å². The smallest absolute Gasteiger partial charge is 0.345 e. The zero-order chi connectivity index (χ0) is 14.4. The fraction of sp³-hybridized carbons (Fsp3) is 0.417. The van der Waals surface area contributed by atoms with Crippen LogP contribution >= 0.6 is 11.6 Å². The number of halogens is 1. The monoisotopic (exact) mass is 287 g/mol. The number of hydrogen-bond acceptors (Lipinski definition) is 5. The molecule has 0 heterocycles. The van der Waals surface area contributed by atoms with Crippen molar-refractivity contribution in [2.45, 2.75) is 19.4 Å². The van der Waals surface area contributed by atoms with Gasteiger partial charge in [0.15, 0.2) is 0 Å². The zero-order valence-electron chi connectivity index (χ0n) is 10.6. The minimum Gasteiger partial charge on any atom is -0.462 e. The zero-order valence-corrected chi connectivity index (χ0v) is 11.3. The van der Waals surface area contributed by atoms with E-state index in [1.54, 1.807) is 7.11 Å². The van der Waals surface area contributed by atoms with E-state index in [4.69, 9.17) is 21.1 Å². The Hall–Kier alpha value is -1.66. The summed E-state index contributed by atoms with van der Waals surface area (Å²) in [5, 5.41) is 11.0. The molecule has 0 saturated heterocycles. The predicted octanol–water partition coefficient (Wildman–Crippen LogP) is 2.83. The quantitative estimate of drug-likeness (QED) is 0.457. The van der Waals surface area contributed by atoms with Crippen LogP contribution in [-0.4, -0.2) is 30.7 Å². The lowest BCUT2D eigenvalue weighted by Gasteiger charge is -2.09. The van der Waals surface area contributed by atoms with Gasteiger partial charge < -0.3 is 9.47 Å². The van der Waals surface area contributed by atoms with Crippen molar-refractivity contribution in [3.8, 4) is 0 Å². The molecule has 0 amide bonds. The molecule has 1 aromatic rings. The average molecular weight is 288 g/mol. The molecule has 0 saturated carbocycles. The van der Waals surface area contributed by atoms with Gasteiger partial charge in [0.2, 0.25) is 0 Å². The molecular formula is C12H14ClNO5. The number of rotatable bonds is 6. The van der Waals surface area contributed by atoms with E-state index in [-0.39, 0.29) is 29.0 Å². The van der Waals surface area contributed by atoms with Crippen LogP contribution in [0, 0.1) is 10.1 Å². The average Bonchev–Trinajstić information content (AvgIpc) is 2.38. The van der Waals surface area contributed by atoms with Crippen molar-refractivity contribution in [2.24, 2.45) is 0 Å². The Morgan fingerprint density at radius 1 is 1.53 bits per heavy atom. The van der Waals surface area contributed by atoms with Gasteiger partial charge in [0.1, 0.15) is 5.56 Å². The number of hydrogen-bond donors (Lipinski definition) is 0. The maximum atomic E-state index is 11.7. The van der Waals surface area contributed by atoms with E-state index in [0.29, 0.717) is 6.42 Å². The molecule has 0 radical (unpaired) electrons. The standard InChI is InChI=1S/C12H14ClNO5/c1-8(18-2)5-6-19-12(15)10-4-3-9(13)7-11(10)14(16)17/h3-4,7-8H,5-6H2,1-2H3/t8-/m1/s1. The number of esters is 1. The predicted molar refractivity (Wildman–Crippen MR) is 69.5 cm³/mol. The van der Waals surface area contributed by atoms with E-state index >= 15 is 0 Å². The van der Waals surface area contributed by atoms with E-state index in [2.05, 4.69) is 0 Å². The van der Waals surface area contributed by atoms with E-state index < -0.39 is 10.9 Å². The second kappa shape index (κ2) is 7.06. The molecule has 0 bridgehead atoms. The number of ether oxygens (including phenoxy) is 2. The first-order valence-corrected chi connectivity index (χ1v) is 5.97. The Morgan fingerprint density at radius 3 is 2.79 bits per heavy atom. The summed E-state index contributed by atoms with van der Waals surface area (Å²) < 4.78 is 9.96. The van der Waals surface area contributed by atoms with E-state index in [1.807, 2.05) is 6.92 Å². The lowest BCUT2D eigenvalue weighted by Crippen LogP contribution is -2.13. The molecule has 104 valence electrons. The highest BCUT2D eigenvalue weighted by Crippen LogP contribution is 2.23. The first-order chi connectivity index (χ1) is 8.95. The van der Waals surface area contributed by atoms with Crippen molar-refractivity contribution in [3.63, 3.8) is 0 Å². The van der Waals surface area contributed by atoms with Crippen LogP contribution in [0.3, 0.4) is 0 Å².